The van der Waals surface area contributed by atoms with Gasteiger partial charge in [0, 0.05) is 19.2 Å². The van der Waals surface area contributed by atoms with Crippen LogP contribution in [0.25, 0.3) is 11.1 Å². The van der Waals surface area contributed by atoms with Gasteiger partial charge in [0.2, 0.25) is 5.91 Å². The third-order valence-corrected chi connectivity index (χ3v) is 4.54. The van der Waals surface area contributed by atoms with Crippen molar-refractivity contribution in [2.24, 2.45) is 0 Å². The van der Waals surface area contributed by atoms with Crippen LogP contribution in [0.15, 0.2) is 57.7 Å². The number of hydrogen-bond donors (Lipinski definition) is 0. The molecule has 3 aromatic rings. The summed E-state index contributed by atoms with van der Waals surface area (Å²) in [6.45, 7) is 0.0146. The molecule has 0 aliphatic rings. The second kappa shape index (κ2) is 9.03. The molecule has 156 valence electrons. The summed E-state index contributed by atoms with van der Waals surface area (Å²) >= 11 is 0. The number of rotatable bonds is 8. The quantitative estimate of drug-likeness (QED) is 0.314. The number of methoxy groups -OCH3 is 1. The molecule has 0 bridgehead atoms. The van der Waals surface area contributed by atoms with Gasteiger partial charge in [-0.25, -0.2) is 4.79 Å². The molecular formula is C20H19N3O7. The number of nitro benzene ring substituents is 1. The van der Waals surface area contributed by atoms with E-state index in [1.54, 1.807) is 0 Å². The van der Waals surface area contributed by atoms with Crippen molar-refractivity contribution in [2.45, 2.75) is 19.5 Å². The van der Waals surface area contributed by atoms with Crippen LogP contribution in [-0.4, -0.2) is 39.9 Å². The van der Waals surface area contributed by atoms with Crippen molar-refractivity contribution in [2.75, 3.05) is 13.7 Å². The maximum atomic E-state index is 13.0. The number of nitrogens with zero attached hydrogens (tertiary/aromatic N) is 3. The van der Waals surface area contributed by atoms with Crippen LogP contribution in [0.5, 0.6) is 0 Å². The molecule has 2 aromatic carbocycles. The number of non-ortho nitro benzene ring substituents is 1. The average molecular weight is 413 g/mol. The highest BCUT2D eigenvalue weighted by Crippen LogP contribution is 2.20. The predicted molar refractivity (Wildman–Crippen MR) is 106 cm³/mol. The third kappa shape index (κ3) is 4.72. The van der Waals surface area contributed by atoms with E-state index in [2.05, 4.69) is 4.74 Å². The van der Waals surface area contributed by atoms with Gasteiger partial charge in [0.15, 0.2) is 5.58 Å². The van der Waals surface area contributed by atoms with Gasteiger partial charge in [-0.3, -0.25) is 24.3 Å². The van der Waals surface area contributed by atoms with Crippen LogP contribution >= 0.6 is 0 Å². The highest BCUT2D eigenvalue weighted by atomic mass is 16.6. The fraction of sp³-hybridized carbons (Fsp3) is 0.250. The second-order valence-corrected chi connectivity index (χ2v) is 6.49. The summed E-state index contributed by atoms with van der Waals surface area (Å²) in [5.74, 6) is -1.67. The van der Waals surface area contributed by atoms with Crippen LogP contribution < -0.4 is 5.76 Å². The molecule has 10 heteroatoms. The van der Waals surface area contributed by atoms with E-state index < -0.39 is 22.6 Å². The number of amides is 1. The zero-order chi connectivity index (χ0) is 21.7. The summed E-state index contributed by atoms with van der Waals surface area (Å²) in [6.07, 6.45) is 0.00228. The summed E-state index contributed by atoms with van der Waals surface area (Å²) < 4.78 is 10.8. The summed E-state index contributed by atoms with van der Waals surface area (Å²) in [6, 6.07) is 12.9. The average Bonchev–Trinajstić information content (AvgIpc) is 3.05. The summed E-state index contributed by atoms with van der Waals surface area (Å²) in [4.78, 5) is 48.5. The van der Waals surface area contributed by atoms with E-state index in [1.807, 2.05) is 30.3 Å². The maximum absolute atomic E-state index is 13.0. The van der Waals surface area contributed by atoms with Gasteiger partial charge in [-0.15, -0.1) is 0 Å². The van der Waals surface area contributed by atoms with Gasteiger partial charge >= 0.3 is 11.7 Å². The molecule has 0 saturated carbocycles. The van der Waals surface area contributed by atoms with E-state index in [1.165, 1.54) is 24.1 Å². The number of aromatic nitrogens is 1. The molecule has 30 heavy (non-hydrogen) atoms. The largest absolute Gasteiger partial charge is 0.469 e. The molecule has 10 nitrogen and oxygen atoms in total. The van der Waals surface area contributed by atoms with Crippen molar-refractivity contribution in [3.8, 4) is 0 Å². The van der Waals surface area contributed by atoms with Crippen molar-refractivity contribution in [1.29, 1.82) is 0 Å². The molecule has 0 aliphatic heterocycles. The number of fused-ring (bicyclic) bond motifs is 1. The van der Waals surface area contributed by atoms with Gasteiger partial charge in [0.05, 0.1) is 30.0 Å². The lowest BCUT2D eigenvalue weighted by molar-refractivity contribution is -0.384. The van der Waals surface area contributed by atoms with Crippen LogP contribution in [0.1, 0.15) is 12.0 Å². The number of carbonyl (C=O) groups excluding carboxylic acids is 2. The summed E-state index contributed by atoms with van der Waals surface area (Å²) in [7, 11) is 1.27. The molecule has 0 spiro atoms. The Labute approximate surface area is 170 Å². The highest BCUT2D eigenvalue weighted by molar-refractivity contribution is 5.81. The first-order chi connectivity index (χ1) is 14.4. The number of carbonyl (C=O) groups is 2. The minimum absolute atomic E-state index is 0.00228. The monoisotopic (exact) mass is 413 g/mol. The Hall–Kier alpha value is -3.95. The van der Waals surface area contributed by atoms with E-state index in [9.17, 15) is 24.5 Å². The second-order valence-electron chi connectivity index (χ2n) is 6.49. The van der Waals surface area contributed by atoms with Crippen molar-refractivity contribution in [1.82, 2.24) is 9.47 Å². The van der Waals surface area contributed by atoms with Gasteiger partial charge in [0.1, 0.15) is 6.54 Å². The predicted octanol–water partition coefficient (Wildman–Crippen LogP) is 2.09. The topological polar surface area (TPSA) is 125 Å². The van der Waals surface area contributed by atoms with Crippen molar-refractivity contribution < 1.29 is 23.7 Å². The Balaban J connectivity index is 1.85. The molecule has 0 fully saturated rings. The molecule has 0 unspecified atom stereocenters. The van der Waals surface area contributed by atoms with Crippen LogP contribution in [-0.2, 0) is 27.4 Å². The summed E-state index contributed by atoms with van der Waals surface area (Å²) in [5, 5.41) is 10.9. The Bertz CT molecular complexity index is 1130. The Morgan fingerprint density at radius 2 is 1.93 bits per heavy atom. The van der Waals surface area contributed by atoms with E-state index in [0.29, 0.717) is 0 Å². The van der Waals surface area contributed by atoms with Gasteiger partial charge < -0.3 is 14.1 Å². The number of oxazole rings is 1. The normalized spacial score (nSPS) is 10.7. The van der Waals surface area contributed by atoms with Crippen molar-refractivity contribution in [3.63, 3.8) is 0 Å². The van der Waals surface area contributed by atoms with Gasteiger partial charge in [0.25, 0.3) is 5.69 Å². The fourth-order valence-electron chi connectivity index (χ4n) is 2.98. The van der Waals surface area contributed by atoms with Gasteiger partial charge in [-0.2, -0.15) is 0 Å². The minimum Gasteiger partial charge on any atom is -0.469 e. The molecule has 1 amide bonds. The number of hydrogen-bond acceptors (Lipinski definition) is 7. The number of esters is 1. The first-order valence-electron chi connectivity index (χ1n) is 9.05. The van der Waals surface area contributed by atoms with E-state index >= 15 is 0 Å². The van der Waals surface area contributed by atoms with Gasteiger partial charge in [-0.1, -0.05) is 30.3 Å². The van der Waals surface area contributed by atoms with Crippen molar-refractivity contribution >= 4 is 28.7 Å². The highest BCUT2D eigenvalue weighted by Gasteiger charge is 2.20. The number of ether oxygens (including phenoxy) is 1. The lowest BCUT2D eigenvalue weighted by atomic mass is 10.2. The molecule has 0 radical (unpaired) electrons. The lowest BCUT2D eigenvalue weighted by Crippen LogP contribution is -2.36. The third-order valence-electron chi connectivity index (χ3n) is 4.54. The van der Waals surface area contributed by atoms with E-state index in [4.69, 9.17) is 4.42 Å². The maximum Gasteiger partial charge on any atom is 0.420 e. The van der Waals surface area contributed by atoms with Crippen LogP contribution in [0.4, 0.5) is 5.69 Å². The van der Waals surface area contributed by atoms with E-state index in [-0.39, 0.29) is 42.8 Å². The number of nitro groups is 1. The smallest absolute Gasteiger partial charge is 0.420 e. The SMILES string of the molecule is COC(=O)CCN(Cc1ccccc1)C(=O)Cn1c(=O)oc2cc([N+](=O)[O-])ccc21. The molecule has 0 aliphatic carbocycles. The molecule has 0 N–H and O–H groups in total. The van der Waals surface area contributed by atoms with Crippen LogP contribution in [0.3, 0.4) is 0 Å². The fourth-order valence-corrected chi connectivity index (χ4v) is 2.98. The Kier molecular flexibility index (Phi) is 6.26. The van der Waals surface area contributed by atoms with Crippen molar-refractivity contribution in [3.05, 3.63) is 74.8 Å². The number of benzene rings is 2. The molecule has 0 saturated heterocycles. The minimum atomic E-state index is -0.800. The first kappa shape index (κ1) is 20.8. The van der Waals surface area contributed by atoms with Crippen LogP contribution in [0.2, 0.25) is 0 Å². The molecule has 0 atom stereocenters. The van der Waals surface area contributed by atoms with Crippen LogP contribution in [0, 0.1) is 10.1 Å². The molecular weight excluding hydrogens is 394 g/mol. The Morgan fingerprint density at radius 1 is 1.20 bits per heavy atom. The molecule has 3 rings (SSSR count). The zero-order valence-corrected chi connectivity index (χ0v) is 16.1. The summed E-state index contributed by atoms with van der Waals surface area (Å²) in [5.41, 5.74) is 0.923. The standard InChI is InChI=1S/C20H19N3O7/c1-29-19(25)9-10-21(12-14-5-3-2-4-6-14)18(24)13-22-16-8-7-15(23(27)28)11-17(16)30-20(22)26/h2-8,11H,9-10,12-13H2,1H3. The van der Waals surface area contributed by atoms with E-state index in [0.717, 1.165) is 16.2 Å². The first-order valence-corrected chi connectivity index (χ1v) is 9.05. The Morgan fingerprint density at radius 3 is 2.60 bits per heavy atom. The lowest BCUT2D eigenvalue weighted by Gasteiger charge is -2.22. The zero-order valence-electron chi connectivity index (χ0n) is 16.1. The molecule has 1 heterocycles. The van der Waals surface area contributed by atoms with Gasteiger partial charge in [-0.05, 0) is 11.6 Å². The molecule has 1 aromatic heterocycles.